The highest BCUT2D eigenvalue weighted by atomic mass is 35.5. The van der Waals surface area contributed by atoms with Crippen molar-refractivity contribution in [1.82, 2.24) is 10.0 Å². The van der Waals surface area contributed by atoms with Crippen molar-refractivity contribution in [2.45, 2.75) is 30.8 Å². The number of rotatable bonds is 10. The predicted octanol–water partition coefficient (Wildman–Crippen LogP) is 4.60. The van der Waals surface area contributed by atoms with Crippen molar-refractivity contribution in [3.63, 3.8) is 0 Å². The van der Waals surface area contributed by atoms with Crippen molar-refractivity contribution in [3.05, 3.63) is 94.0 Å². The van der Waals surface area contributed by atoms with E-state index in [0.29, 0.717) is 5.02 Å². The first-order valence-corrected chi connectivity index (χ1v) is 12.5. The van der Waals surface area contributed by atoms with Gasteiger partial charge in [0, 0.05) is 16.6 Å². The van der Waals surface area contributed by atoms with Gasteiger partial charge in [-0.15, -0.1) is 0 Å². The largest absolute Gasteiger partial charge is 0.492 e. The SMILES string of the molecule is CCOc1ccc(Cl)cc1S(=O)(=O)NC(Cc1ccccc1)C(=O)NCc1ccc(Cl)cc1. The monoisotopic (exact) mass is 506 g/mol. The van der Waals surface area contributed by atoms with Gasteiger partial charge in [0.25, 0.3) is 0 Å². The Morgan fingerprint density at radius 3 is 2.27 bits per heavy atom. The van der Waals surface area contributed by atoms with E-state index in [9.17, 15) is 13.2 Å². The molecular formula is C24H24Cl2N2O4S. The summed E-state index contributed by atoms with van der Waals surface area (Å²) < 4.78 is 34.5. The highest BCUT2D eigenvalue weighted by Gasteiger charge is 2.28. The van der Waals surface area contributed by atoms with E-state index in [1.54, 1.807) is 37.3 Å². The summed E-state index contributed by atoms with van der Waals surface area (Å²) >= 11 is 12.0. The number of ether oxygens (including phenoxy) is 1. The van der Waals surface area contributed by atoms with Gasteiger partial charge in [-0.1, -0.05) is 65.7 Å². The topological polar surface area (TPSA) is 84.5 Å². The Morgan fingerprint density at radius 1 is 0.939 bits per heavy atom. The Kier molecular flexibility index (Phi) is 8.74. The van der Waals surface area contributed by atoms with Crippen LogP contribution >= 0.6 is 23.2 Å². The molecule has 3 aromatic rings. The molecule has 0 radical (unpaired) electrons. The van der Waals surface area contributed by atoms with Crippen LogP contribution in [0.25, 0.3) is 0 Å². The fourth-order valence-corrected chi connectivity index (χ4v) is 4.90. The number of hydrogen-bond acceptors (Lipinski definition) is 4. The molecule has 0 saturated heterocycles. The lowest BCUT2D eigenvalue weighted by Gasteiger charge is -2.20. The first-order chi connectivity index (χ1) is 15.8. The second kappa shape index (κ2) is 11.5. The third-order valence-corrected chi connectivity index (χ3v) is 6.75. The first kappa shape index (κ1) is 25.1. The van der Waals surface area contributed by atoms with Crippen molar-refractivity contribution in [1.29, 1.82) is 0 Å². The molecule has 2 N–H and O–H groups in total. The highest BCUT2D eigenvalue weighted by molar-refractivity contribution is 7.89. The van der Waals surface area contributed by atoms with Gasteiger partial charge in [0.05, 0.1) is 6.61 Å². The number of amides is 1. The quantitative estimate of drug-likeness (QED) is 0.420. The minimum absolute atomic E-state index is 0.125. The zero-order chi connectivity index (χ0) is 23.8. The number of carbonyl (C=O) groups is 1. The first-order valence-electron chi connectivity index (χ1n) is 10.3. The van der Waals surface area contributed by atoms with Gasteiger partial charge in [0.1, 0.15) is 16.7 Å². The average Bonchev–Trinajstić information content (AvgIpc) is 2.80. The zero-order valence-corrected chi connectivity index (χ0v) is 20.3. The molecule has 0 aliphatic heterocycles. The van der Waals surface area contributed by atoms with Gasteiger partial charge in [-0.25, -0.2) is 8.42 Å². The van der Waals surface area contributed by atoms with Gasteiger partial charge < -0.3 is 10.1 Å². The molecule has 0 aliphatic carbocycles. The zero-order valence-electron chi connectivity index (χ0n) is 17.9. The molecule has 0 aliphatic rings. The van der Waals surface area contributed by atoms with E-state index in [4.69, 9.17) is 27.9 Å². The fraction of sp³-hybridized carbons (Fsp3) is 0.208. The molecule has 0 heterocycles. The normalized spacial score (nSPS) is 12.2. The van der Waals surface area contributed by atoms with Crippen molar-refractivity contribution in [3.8, 4) is 5.75 Å². The highest BCUT2D eigenvalue weighted by Crippen LogP contribution is 2.27. The summed E-state index contributed by atoms with van der Waals surface area (Å²) in [5, 5.41) is 3.63. The van der Waals surface area contributed by atoms with E-state index < -0.39 is 22.0 Å². The molecule has 0 spiro atoms. The lowest BCUT2D eigenvalue weighted by molar-refractivity contribution is -0.122. The number of benzene rings is 3. The third-order valence-electron chi connectivity index (χ3n) is 4.77. The molecule has 6 nitrogen and oxygen atoms in total. The minimum atomic E-state index is -4.13. The molecule has 0 saturated carbocycles. The van der Waals surface area contributed by atoms with Crippen molar-refractivity contribution in [2.75, 3.05) is 6.61 Å². The molecule has 1 amide bonds. The van der Waals surface area contributed by atoms with Crippen LogP contribution in [0, 0.1) is 0 Å². The summed E-state index contributed by atoms with van der Waals surface area (Å²) in [6.07, 6.45) is 0.164. The van der Waals surface area contributed by atoms with Gasteiger partial charge in [-0.2, -0.15) is 4.72 Å². The van der Waals surface area contributed by atoms with E-state index in [2.05, 4.69) is 10.0 Å². The molecule has 0 fully saturated rings. The second-order valence-electron chi connectivity index (χ2n) is 7.23. The molecule has 9 heteroatoms. The van der Waals surface area contributed by atoms with Crippen molar-refractivity contribution in [2.24, 2.45) is 0 Å². The summed E-state index contributed by atoms with van der Waals surface area (Å²) in [6, 6.07) is 19.5. The molecule has 1 unspecified atom stereocenters. The van der Waals surface area contributed by atoms with Gasteiger partial charge in [-0.05, 0) is 54.8 Å². The van der Waals surface area contributed by atoms with Gasteiger partial charge in [-0.3, -0.25) is 4.79 Å². The number of sulfonamides is 1. The maximum absolute atomic E-state index is 13.3. The standard InChI is InChI=1S/C24H24Cl2N2O4S/c1-2-32-22-13-12-20(26)15-23(22)33(30,31)28-21(14-17-6-4-3-5-7-17)24(29)27-16-18-8-10-19(25)11-9-18/h3-13,15,21,28H,2,14,16H2,1H3,(H,27,29). The van der Waals surface area contributed by atoms with Crippen LogP contribution in [-0.2, 0) is 27.8 Å². The molecule has 33 heavy (non-hydrogen) atoms. The maximum Gasteiger partial charge on any atom is 0.245 e. The summed E-state index contributed by atoms with van der Waals surface area (Å²) in [5.41, 5.74) is 1.64. The summed E-state index contributed by atoms with van der Waals surface area (Å²) in [6.45, 7) is 2.25. The average molecular weight is 507 g/mol. The molecule has 0 bridgehead atoms. The van der Waals surface area contributed by atoms with Gasteiger partial charge in [0.2, 0.25) is 15.9 Å². The molecule has 3 rings (SSSR count). The van der Waals surface area contributed by atoms with Crippen molar-refractivity contribution >= 4 is 39.1 Å². The van der Waals surface area contributed by atoms with Crippen LogP contribution in [-0.4, -0.2) is 27.0 Å². The molecule has 0 aromatic heterocycles. The molecule has 174 valence electrons. The fourth-order valence-electron chi connectivity index (χ4n) is 3.17. The van der Waals surface area contributed by atoms with Crippen LogP contribution in [0.2, 0.25) is 10.0 Å². The summed E-state index contributed by atoms with van der Waals surface area (Å²) in [4.78, 5) is 12.9. The number of carbonyl (C=O) groups excluding carboxylic acids is 1. The van der Waals surface area contributed by atoms with Crippen molar-refractivity contribution < 1.29 is 17.9 Å². The number of nitrogens with one attached hydrogen (secondary N) is 2. The maximum atomic E-state index is 13.3. The van der Waals surface area contributed by atoms with Crippen LogP contribution in [0.4, 0.5) is 0 Å². The van der Waals surface area contributed by atoms with E-state index in [1.807, 2.05) is 30.3 Å². The van der Waals surface area contributed by atoms with Gasteiger partial charge in [0.15, 0.2) is 0 Å². The summed E-state index contributed by atoms with van der Waals surface area (Å²) in [5.74, 6) is -0.299. The molecular weight excluding hydrogens is 483 g/mol. The van der Waals surface area contributed by atoms with E-state index in [0.717, 1.165) is 11.1 Å². The lowest BCUT2D eigenvalue weighted by atomic mass is 10.1. The Balaban J connectivity index is 1.85. The Labute approximate surface area is 203 Å². The van der Waals surface area contributed by atoms with Crippen LogP contribution in [0.1, 0.15) is 18.1 Å². The van der Waals surface area contributed by atoms with Gasteiger partial charge >= 0.3 is 0 Å². The Hall–Kier alpha value is -2.58. The lowest BCUT2D eigenvalue weighted by Crippen LogP contribution is -2.47. The van der Waals surface area contributed by atoms with E-state index >= 15 is 0 Å². The smallest absolute Gasteiger partial charge is 0.245 e. The molecule has 3 aromatic carbocycles. The number of hydrogen-bond donors (Lipinski definition) is 2. The predicted molar refractivity (Wildman–Crippen MR) is 130 cm³/mol. The Morgan fingerprint density at radius 2 is 1.61 bits per heavy atom. The minimum Gasteiger partial charge on any atom is -0.492 e. The molecule has 1 atom stereocenters. The van der Waals surface area contributed by atoms with Crippen LogP contribution < -0.4 is 14.8 Å². The van der Waals surface area contributed by atoms with Crippen LogP contribution in [0.15, 0.2) is 77.7 Å². The third kappa shape index (κ3) is 7.20. The van der Waals surface area contributed by atoms with E-state index in [-0.39, 0.29) is 35.2 Å². The van der Waals surface area contributed by atoms with E-state index in [1.165, 1.54) is 12.1 Å². The second-order valence-corrected chi connectivity index (χ2v) is 9.79. The summed E-state index contributed by atoms with van der Waals surface area (Å²) in [7, 11) is -4.13. The number of halogens is 2. The van der Waals surface area contributed by atoms with Crippen LogP contribution in [0.3, 0.4) is 0 Å². The van der Waals surface area contributed by atoms with Crippen LogP contribution in [0.5, 0.6) is 5.75 Å². The Bertz CT molecular complexity index is 1190.